The van der Waals surface area contributed by atoms with Crippen LogP contribution in [0.15, 0.2) is 20.6 Å². The van der Waals surface area contributed by atoms with Crippen molar-refractivity contribution < 1.29 is 21.7 Å². The van der Waals surface area contributed by atoms with E-state index in [-0.39, 0.29) is 21.7 Å². The van der Waals surface area contributed by atoms with Crippen molar-refractivity contribution in [2.75, 3.05) is 0 Å². The second-order valence-electron chi connectivity index (χ2n) is 1.02. The summed E-state index contributed by atoms with van der Waals surface area (Å²) in [7, 11) is 0. The van der Waals surface area contributed by atoms with E-state index < -0.39 is 0 Å². The first-order chi connectivity index (χ1) is 5.83. The van der Waals surface area contributed by atoms with Crippen LogP contribution in [-0.2, 0) is 21.7 Å². The molecule has 0 N–H and O–H groups in total. The molecule has 0 spiro atoms. The molecule has 0 unspecified atom stereocenters. The summed E-state index contributed by atoms with van der Waals surface area (Å²) in [6.07, 6.45) is 3.08. The number of rotatable bonds is 2. The Labute approximate surface area is 88.4 Å². The molecule has 0 bridgehead atoms. The Kier molecular flexibility index (Phi) is 30.4. The van der Waals surface area contributed by atoms with Crippen molar-refractivity contribution in [1.29, 1.82) is 0 Å². The van der Waals surface area contributed by atoms with Crippen molar-refractivity contribution in [1.82, 2.24) is 0 Å². The second kappa shape index (κ2) is 22.4. The van der Waals surface area contributed by atoms with Crippen LogP contribution >= 0.6 is 0 Å². The molecule has 0 rings (SSSR count). The zero-order valence-electron chi connectivity index (χ0n) is 6.23. The van der Waals surface area contributed by atoms with Crippen LogP contribution in [0.5, 0.6) is 0 Å². The maximum atomic E-state index is 9.03. The molecular formula is C4H4N4O4Ti-4. The molecule has 0 aromatic carbocycles. The van der Waals surface area contributed by atoms with E-state index in [1.807, 2.05) is 0 Å². The van der Waals surface area contributed by atoms with Gasteiger partial charge < -0.3 is 41.5 Å². The summed E-state index contributed by atoms with van der Waals surface area (Å²) in [5, 5.41) is 44.9. The molecule has 0 aliphatic carbocycles. The summed E-state index contributed by atoms with van der Waals surface area (Å²) >= 11 is 0. The summed E-state index contributed by atoms with van der Waals surface area (Å²) in [4.78, 5) is 0. The van der Waals surface area contributed by atoms with E-state index in [1.54, 1.807) is 0 Å². The summed E-state index contributed by atoms with van der Waals surface area (Å²) in [5.41, 5.74) is 0. The Morgan fingerprint density at radius 2 is 0.692 bits per heavy atom. The molecule has 0 aromatic heterocycles. The number of hydrogen-bond acceptors (Lipinski definition) is 8. The molecule has 0 fully saturated rings. The molecular weight excluding hydrogens is 216 g/mol. The molecule has 13 heavy (non-hydrogen) atoms. The summed E-state index contributed by atoms with van der Waals surface area (Å²) < 4.78 is 0. The Morgan fingerprint density at radius 1 is 0.538 bits per heavy atom. The van der Waals surface area contributed by atoms with Crippen LogP contribution in [-0.4, -0.2) is 24.9 Å². The van der Waals surface area contributed by atoms with Crippen LogP contribution in [0, 0.1) is 20.8 Å². The SMILES string of the molecule is [O-]N=CC=N[O-].[O-]N=CC=N[O-].[Ti]. The fraction of sp³-hybridized carbons (Fsp3) is 0. The molecule has 0 aliphatic heterocycles. The van der Waals surface area contributed by atoms with Gasteiger partial charge in [-0.15, -0.1) is 0 Å². The monoisotopic (exact) mass is 220 g/mol. The summed E-state index contributed by atoms with van der Waals surface area (Å²) in [5.74, 6) is 0. The normalized spacial score (nSPS) is 10.5. The van der Waals surface area contributed by atoms with Crippen LogP contribution in [0.3, 0.4) is 0 Å². The first-order valence-corrected chi connectivity index (χ1v) is 2.43. The van der Waals surface area contributed by atoms with Gasteiger partial charge in [0.2, 0.25) is 0 Å². The van der Waals surface area contributed by atoms with Crippen molar-refractivity contribution in [3.8, 4) is 0 Å². The van der Waals surface area contributed by atoms with Crippen LogP contribution in [0.2, 0.25) is 0 Å². The third kappa shape index (κ3) is 37.1. The Hall–Kier alpha value is -1.41. The quantitative estimate of drug-likeness (QED) is 0.373. The molecule has 9 heteroatoms. The minimum absolute atomic E-state index is 0. The van der Waals surface area contributed by atoms with Gasteiger partial charge in [0, 0.05) is 46.6 Å². The van der Waals surface area contributed by atoms with Gasteiger partial charge in [0.25, 0.3) is 0 Å². The van der Waals surface area contributed by atoms with E-state index in [0.29, 0.717) is 0 Å². The van der Waals surface area contributed by atoms with Gasteiger partial charge in [0.15, 0.2) is 0 Å². The van der Waals surface area contributed by atoms with Gasteiger partial charge in [0.1, 0.15) is 0 Å². The second-order valence-corrected chi connectivity index (χ2v) is 1.02. The Morgan fingerprint density at radius 3 is 0.769 bits per heavy atom. The van der Waals surface area contributed by atoms with Crippen LogP contribution < -0.4 is 0 Å². The molecule has 0 atom stereocenters. The van der Waals surface area contributed by atoms with E-state index in [1.165, 1.54) is 0 Å². The van der Waals surface area contributed by atoms with Gasteiger partial charge in [-0.25, -0.2) is 0 Å². The Bertz CT molecular complexity index is 141. The van der Waals surface area contributed by atoms with Crippen molar-refractivity contribution in [2.45, 2.75) is 0 Å². The van der Waals surface area contributed by atoms with Gasteiger partial charge in [-0.3, -0.25) is 0 Å². The predicted octanol–water partition coefficient (Wildman–Crippen LogP) is 0.245. The molecule has 0 saturated carbocycles. The minimum atomic E-state index is 0. The zero-order chi connectivity index (χ0) is 9.66. The maximum Gasteiger partial charge on any atom is 0.0332 e. The standard InChI is InChI=1S/2C2H4N2O2.Ti/c2*5-3-1-2-4-6;/h2*1-2,5-6H;/p-4. The molecule has 8 nitrogen and oxygen atoms in total. The molecule has 72 valence electrons. The van der Waals surface area contributed by atoms with Crippen molar-refractivity contribution in [3.63, 3.8) is 0 Å². The fourth-order valence-corrected chi connectivity index (χ4v) is 0.109. The van der Waals surface area contributed by atoms with E-state index >= 15 is 0 Å². The molecule has 0 aromatic rings. The largest absolute Gasteiger partial charge is 0.792 e. The first kappa shape index (κ1) is 17.6. The Balaban J connectivity index is -0.000000143. The number of nitrogens with zero attached hydrogens (tertiary/aromatic N) is 4. The van der Waals surface area contributed by atoms with Crippen LogP contribution in [0.4, 0.5) is 0 Å². The van der Waals surface area contributed by atoms with Crippen LogP contribution in [0.1, 0.15) is 0 Å². The van der Waals surface area contributed by atoms with Crippen molar-refractivity contribution in [2.24, 2.45) is 20.6 Å². The predicted molar refractivity (Wildman–Crippen MR) is 47.4 cm³/mol. The smallest absolute Gasteiger partial charge is 0.0332 e. The van der Waals surface area contributed by atoms with E-state index in [4.69, 9.17) is 20.8 Å². The van der Waals surface area contributed by atoms with E-state index in [9.17, 15) is 0 Å². The zero-order valence-corrected chi connectivity index (χ0v) is 7.79. The van der Waals surface area contributed by atoms with Crippen LogP contribution in [0.25, 0.3) is 0 Å². The van der Waals surface area contributed by atoms with Crippen molar-refractivity contribution >= 4 is 24.9 Å². The molecule has 0 aliphatic rings. The third-order valence-electron chi connectivity index (χ3n) is 0.377. The van der Waals surface area contributed by atoms with E-state index in [0.717, 1.165) is 24.9 Å². The molecule has 0 amide bonds. The first-order valence-electron chi connectivity index (χ1n) is 2.43. The molecule has 0 radical (unpaired) electrons. The third-order valence-corrected chi connectivity index (χ3v) is 0.377. The van der Waals surface area contributed by atoms with Crippen molar-refractivity contribution in [3.05, 3.63) is 20.8 Å². The average molecular weight is 220 g/mol. The summed E-state index contributed by atoms with van der Waals surface area (Å²) in [6.45, 7) is 0. The van der Waals surface area contributed by atoms with Gasteiger partial charge in [-0.1, -0.05) is 0 Å². The van der Waals surface area contributed by atoms with Gasteiger partial charge in [0.05, 0.1) is 0 Å². The topological polar surface area (TPSA) is 142 Å². The van der Waals surface area contributed by atoms with Gasteiger partial charge in [-0.2, -0.15) is 0 Å². The molecule has 0 heterocycles. The number of hydrogen-bond donors (Lipinski definition) is 0. The molecule has 0 saturated heterocycles. The van der Waals surface area contributed by atoms with Gasteiger partial charge >= 0.3 is 0 Å². The minimum Gasteiger partial charge on any atom is -0.792 e. The maximum absolute atomic E-state index is 9.03. The van der Waals surface area contributed by atoms with Gasteiger partial charge in [-0.05, 0) is 0 Å². The van der Waals surface area contributed by atoms with E-state index in [2.05, 4.69) is 20.6 Å². The fourth-order valence-electron chi connectivity index (χ4n) is 0.109. The average Bonchev–Trinajstić information content (AvgIpc) is 2.12. The summed E-state index contributed by atoms with van der Waals surface area (Å²) in [6, 6.07) is 0.